The zero-order valence-corrected chi connectivity index (χ0v) is 13.8. The third-order valence-electron chi connectivity index (χ3n) is 2.31. The second kappa shape index (κ2) is 6.96. The van der Waals surface area contributed by atoms with Crippen LogP contribution in [0.25, 0.3) is 0 Å². The number of halogens is 1. The van der Waals surface area contributed by atoms with Crippen LogP contribution in [0.5, 0.6) is 0 Å². The van der Waals surface area contributed by atoms with Crippen molar-refractivity contribution < 1.29 is 9.59 Å². The van der Waals surface area contributed by atoms with Gasteiger partial charge in [-0.3, -0.25) is 9.59 Å². The van der Waals surface area contributed by atoms with Crippen molar-refractivity contribution in [2.24, 2.45) is 0 Å². The third-order valence-corrected chi connectivity index (χ3v) is 4.75. The first kappa shape index (κ1) is 15.1. The van der Waals surface area contributed by atoms with Crippen molar-refractivity contribution in [3.8, 4) is 0 Å². The van der Waals surface area contributed by atoms with Gasteiger partial charge in [-0.2, -0.15) is 0 Å². The minimum absolute atomic E-state index is 0.199. The largest absolute Gasteiger partial charge is 0.350 e. The normalized spacial score (nSPS) is 10.3. The second-order valence-corrected chi connectivity index (χ2v) is 7.34. The van der Waals surface area contributed by atoms with Gasteiger partial charge in [-0.25, -0.2) is 4.98 Å². The molecule has 5 nitrogen and oxygen atoms in total. The van der Waals surface area contributed by atoms with Gasteiger partial charge >= 0.3 is 0 Å². The van der Waals surface area contributed by atoms with E-state index in [0.717, 1.165) is 10.2 Å². The van der Waals surface area contributed by atoms with Gasteiger partial charge in [0.1, 0.15) is 5.69 Å². The maximum Gasteiger partial charge on any atom is 0.270 e. The number of amides is 2. The minimum atomic E-state index is -0.228. The van der Waals surface area contributed by atoms with Crippen molar-refractivity contribution in [1.82, 2.24) is 10.3 Å². The summed E-state index contributed by atoms with van der Waals surface area (Å²) in [5.74, 6) is -0.428. The van der Waals surface area contributed by atoms with E-state index in [2.05, 4.69) is 31.5 Å². The smallest absolute Gasteiger partial charge is 0.270 e. The van der Waals surface area contributed by atoms with Gasteiger partial charge in [-0.05, 0) is 34.5 Å². The molecule has 2 heterocycles. The summed E-state index contributed by atoms with van der Waals surface area (Å²) in [6, 6.07) is 4.01. The van der Waals surface area contributed by atoms with E-state index in [4.69, 9.17) is 0 Å². The molecule has 0 fully saturated rings. The molecule has 0 spiro atoms. The van der Waals surface area contributed by atoms with E-state index in [1.165, 1.54) is 23.1 Å². The van der Waals surface area contributed by atoms with Crippen molar-refractivity contribution in [2.45, 2.75) is 13.3 Å². The summed E-state index contributed by atoms with van der Waals surface area (Å²) in [6.45, 7) is 1.96. The fraction of sp³-hybridized carbons (Fsp3) is 0.250. The van der Waals surface area contributed by atoms with E-state index < -0.39 is 0 Å². The molecule has 0 aliphatic carbocycles. The summed E-state index contributed by atoms with van der Waals surface area (Å²) in [6.07, 6.45) is 0.782. The van der Waals surface area contributed by atoms with Crippen LogP contribution in [0, 0.1) is 0 Å². The maximum absolute atomic E-state index is 11.9. The van der Waals surface area contributed by atoms with Crippen LogP contribution in [0.3, 0.4) is 0 Å². The number of aromatic nitrogens is 1. The van der Waals surface area contributed by atoms with Crippen molar-refractivity contribution in [3.05, 3.63) is 31.9 Å². The molecule has 0 saturated carbocycles. The monoisotopic (exact) mass is 373 g/mol. The highest BCUT2D eigenvalue weighted by Crippen LogP contribution is 2.22. The standard InChI is InChI=1S/C12H12BrN3O2S2/c1-7(17)15-12-16-9(6-19-12)11(18)14-5-4-8-2-3-10(13)20-8/h2-3,6H,4-5H2,1H3,(H,14,18)(H,15,16,17). The molecule has 2 aromatic heterocycles. The maximum atomic E-state index is 11.9. The quantitative estimate of drug-likeness (QED) is 0.846. The molecule has 0 aliphatic rings. The molecule has 20 heavy (non-hydrogen) atoms. The zero-order valence-electron chi connectivity index (χ0n) is 10.6. The van der Waals surface area contributed by atoms with Gasteiger partial charge in [0.25, 0.3) is 5.91 Å². The zero-order chi connectivity index (χ0) is 14.5. The predicted octanol–water partition coefficient (Wildman–Crippen LogP) is 2.90. The highest BCUT2D eigenvalue weighted by atomic mass is 79.9. The minimum Gasteiger partial charge on any atom is -0.350 e. The highest BCUT2D eigenvalue weighted by molar-refractivity contribution is 9.11. The first-order valence-corrected chi connectivity index (χ1v) is 8.29. The molecule has 8 heteroatoms. The summed E-state index contributed by atoms with van der Waals surface area (Å²) >= 11 is 6.28. The van der Waals surface area contributed by atoms with Gasteiger partial charge in [0, 0.05) is 23.7 Å². The molecule has 2 aromatic rings. The summed E-state index contributed by atoms with van der Waals surface area (Å²) in [7, 11) is 0. The number of hydrogen-bond acceptors (Lipinski definition) is 5. The molecule has 0 atom stereocenters. The summed E-state index contributed by atoms with van der Waals surface area (Å²) in [4.78, 5) is 28.0. The van der Waals surface area contributed by atoms with E-state index in [0.29, 0.717) is 17.4 Å². The van der Waals surface area contributed by atoms with Gasteiger partial charge in [0.2, 0.25) is 5.91 Å². The van der Waals surface area contributed by atoms with Crippen LogP contribution in [-0.4, -0.2) is 23.3 Å². The van der Waals surface area contributed by atoms with E-state index in [1.807, 2.05) is 12.1 Å². The van der Waals surface area contributed by atoms with Crippen LogP contribution in [0.4, 0.5) is 5.13 Å². The average Bonchev–Trinajstić information content (AvgIpc) is 2.98. The van der Waals surface area contributed by atoms with Gasteiger partial charge < -0.3 is 10.6 Å². The molecule has 2 rings (SSSR count). The molecule has 0 bridgehead atoms. The number of nitrogens with zero attached hydrogens (tertiary/aromatic N) is 1. The summed E-state index contributed by atoms with van der Waals surface area (Å²) in [5, 5.41) is 7.42. The van der Waals surface area contributed by atoms with Crippen LogP contribution < -0.4 is 10.6 Å². The number of hydrogen-bond donors (Lipinski definition) is 2. The van der Waals surface area contributed by atoms with Gasteiger partial charge in [-0.15, -0.1) is 22.7 Å². The molecule has 0 aliphatic heterocycles. The van der Waals surface area contributed by atoms with Crippen LogP contribution in [0.15, 0.2) is 21.3 Å². The Morgan fingerprint density at radius 1 is 1.40 bits per heavy atom. The number of thiazole rings is 1. The van der Waals surface area contributed by atoms with Gasteiger partial charge in [-0.1, -0.05) is 0 Å². The molecule has 0 radical (unpaired) electrons. The van der Waals surface area contributed by atoms with Crippen LogP contribution in [-0.2, 0) is 11.2 Å². The average molecular weight is 374 g/mol. The fourth-order valence-electron chi connectivity index (χ4n) is 1.46. The number of rotatable bonds is 5. The molecule has 0 aromatic carbocycles. The molecule has 0 unspecified atom stereocenters. The molecule has 106 valence electrons. The Balaban J connectivity index is 1.82. The third kappa shape index (κ3) is 4.39. The molecular weight excluding hydrogens is 362 g/mol. The molecular formula is C12H12BrN3O2S2. The highest BCUT2D eigenvalue weighted by Gasteiger charge is 2.11. The Labute approximate surface area is 132 Å². The van der Waals surface area contributed by atoms with Crippen molar-refractivity contribution >= 4 is 55.5 Å². The molecule has 2 amide bonds. The first-order chi connectivity index (χ1) is 9.54. The summed E-state index contributed by atoms with van der Waals surface area (Å²) < 4.78 is 1.08. The van der Waals surface area contributed by atoms with Crippen molar-refractivity contribution in [2.75, 3.05) is 11.9 Å². The number of thiophene rings is 1. The number of carbonyl (C=O) groups excluding carboxylic acids is 2. The fourth-order valence-corrected chi connectivity index (χ4v) is 3.68. The predicted molar refractivity (Wildman–Crippen MR) is 84.5 cm³/mol. The Hall–Kier alpha value is -1.25. The van der Waals surface area contributed by atoms with Crippen LogP contribution in [0.2, 0.25) is 0 Å². The first-order valence-electron chi connectivity index (χ1n) is 5.80. The molecule has 0 saturated heterocycles. The van der Waals surface area contributed by atoms with Crippen molar-refractivity contribution in [1.29, 1.82) is 0 Å². The number of carbonyl (C=O) groups is 2. The van der Waals surface area contributed by atoms with E-state index >= 15 is 0 Å². The topological polar surface area (TPSA) is 71.1 Å². The lowest BCUT2D eigenvalue weighted by Gasteiger charge is -2.01. The van der Waals surface area contributed by atoms with Gasteiger partial charge in [0.05, 0.1) is 3.79 Å². The lowest BCUT2D eigenvalue weighted by molar-refractivity contribution is -0.114. The number of nitrogens with one attached hydrogen (secondary N) is 2. The number of anilines is 1. The van der Waals surface area contributed by atoms with E-state index in [-0.39, 0.29) is 11.8 Å². The Bertz CT molecular complexity index is 624. The van der Waals surface area contributed by atoms with Crippen LogP contribution >= 0.6 is 38.6 Å². The van der Waals surface area contributed by atoms with Gasteiger partial charge in [0.15, 0.2) is 5.13 Å². The SMILES string of the molecule is CC(=O)Nc1nc(C(=O)NCCc2ccc(Br)s2)cs1. The van der Waals surface area contributed by atoms with Crippen LogP contribution in [0.1, 0.15) is 22.3 Å². The van der Waals surface area contributed by atoms with E-state index in [9.17, 15) is 9.59 Å². The summed E-state index contributed by atoms with van der Waals surface area (Å²) in [5.41, 5.74) is 0.325. The second-order valence-electron chi connectivity index (χ2n) is 3.93. The molecule has 2 N–H and O–H groups in total. The lowest BCUT2D eigenvalue weighted by Crippen LogP contribution is -2.25. The lowest BCUT2D eigenvalue weighted by atomic mass is 10.3. The van der Waals surface area contributed by atoms with Crippen molar-refractivity contribution in [3.63, 3.8) is 0 Å². The Morgan fingerprint density at radius 2 is 2.20 bits per heavy atom. The van der Waals surface area contributed by atoms with E-state index in [1.54, 1.807) is 16.7 Å². The Morgan fingerprint density at radius 3 is 2.85 bits per heavy atom. The Kier molecular flexibility index (Phi) is 5.27.